The zero-order chi connectivity index (χ0) is 17.9. The summed E-state index contributed by atoms with van der Waals surface area (Å²) in [4.78, 5) is 12.1. The van der Waals surface area contributed by atoms with Gasteiger partial charge in [-0.15, -0.1) is 0 Å². The van der Waals surface area contributed by atoms with Crippen LogP contribution in [0.25, 0.3) is 0 Å². The van der Waals surface area contributed by atoms with Crippen LogP contribution in [-0.4, -0.2) is 34.0 Å². The molecule has 0 saturated heterocycles. The van der Waals surface area contributed by atoms with Crippen LogP contribution in [0.3, 0.4) is 0 Å². The minimum atomic E-state index is -0.396. The van der Waals surface area contributed by atoms with Gasteiger partial charge in [0, 0.05) is 16.7 Å². The number of carbonyl (C=O) groups is 1. The smallest absolute Gasteiger partial charge is 0.291 e. The fraction of sp³-hybridized carbons (Fsp3) is 0.353. The predicted octanol–water partition coefficient (Wildman–Crippen LogP) is 2.58. The summed E-state index contributed by atoms with van der Waals surface area (Å²) in [6.07, 6.45) is 0. The lowest BCUT2D eigenvalue weighted by Gasteiger charge is -2.14. The van der Waals surface area contributed by atoms with Gasteiger partial charge in [0.25, 0.3) is 5.91 Å². The van der Waals surface area contributed by atoms with E-state index in [1.807, 2.05) is 20.8 Å². The molecule has 0 saturated carbocycles. The Labute approximate surface area is 140 Å². The Morgan fingerprint density at radius 2 is 2.04 bits per heavy atom. The molecular formula is C17H22N4O3. The number of nitrogens with zero attached hydrogens (tertiary/aromatic N) is 2. The molecular weight excluding hydrogens is 308 g/mol. The Kier molecular flexibility index (Phi) is 4.92. The lowest BCUT2D eigenvalue weighted by molar-refractivity contribution is 0.0950. The van der Waals surface area contributed by atoms with Gasteiger partial charge in [-0.05, 0) is 31.2 Å². The molecule has 2 aromatic rings. The van der Waals surface area contributed by atoms with Gasteiger partial charge in [-0.25, -0.2) is 5.43 Å². The first-order valence-corrected chi connectivity index (χ1v) is 7.50. The summed E-state index contributed by atoms with van der Waals surface area (Å²) in [5.74, 6) is -0.00772. The predicted molar refractivity (Wildman–Crippen MR) is 91.6 cm³/mol. The Balaban J connectivity index is 2.12. The first kappa shape index (κ1) is 17.5. The van der Waals surface area contributed by atoms with E-state index in [4.69, 9.17) is 4.74 Å². The van der Waals surface area contributed by atoms with Gasteiger partial charge in [0.1, 0.15) is 0 Å². The Morgan fingerprint density at radius 1 is 1.33 bits per heavy atom. The van der Waals surface area contributed by atoms with Gasteiger partial charge >= 0.3 is 0 Å². The lowest BCUT2D eigenvalue weighted by atomic mass is 9.92. The van der Waals surface area contributed by atoms with E-state index in [1.54, 1.807) is 25.1 Å². The summed E-state index contributed by atoms with van der Waals surface area (Å²) in [7, 11) is 1.47. The number of hydrazone groups is 1. The maximum atomic E-state index is 12.1. The van der Waals surface area contributed by atoms with Crippen LogP contribution in [0, 0.1) is 0 Å². The standard InChI is InChI=1S/C17H22N4O3/c1-10(11-6-7-13(22)14(8-11)24-5)18-21-16(23)12-9-15(20-19-12)17(2,3)4/h6-9,22H,1-5H3,(H,19,20)(H,21,23)/b18-10+. The van der Waals surface area contributed by atoms with Gasteiger partial charge in [-0.2, -0.15) is 10.2 Å². The summed E-state index contributed by atoms with van der Waals surface area (Å²) in [5, 5.41) is 20.6. The summed E-state index contributed by atoms with van der Waals surface area (Å²) in [6, 6.07) is 6.56. The summed E-state index contributed by atoms with van der Waals surface area (Å²) in [6.45, 7) is 7.84. The van der Waals surface area contributed by atoms with E-state index >= 15 is 0 Å². The van der Waals surface area contributed by atoms with E-state index in [0.717, 1.165) is 11.3 Å². The van der Waals surface area contributed by atoms with E-state index in [9.17, 15) is 9.90 Å². The first-order valence-electron chi connectivity index (χ1n) is 7.50. The van der Waals surface area contributed by atoms with Crippen molar-refractivity contribution in [3.63, 3.8) is 0 Å². The largest absolute Gasteiger partial charge is 0.504 e. The number of rotatable bonds is 4. The number of benzene rings is 1. The van der Waals surface area contributed by atoms with Crippen molar-refractivity contribution in [1.82, 2.24) is 15.6 Å². The van der Waals surface area contributed by atoms with Crippen molar-refractivity contribution < 1.29 is 14.6 Å². The van der Waals surface area contributed by atoms with Gasteiger partial charge in [0.05, 0.1) is 12.8 Å². The van der Waals surface area contributed by atoms with Crippen LogP contribution in [0.15, 0.2) is 29.4 Å². The van der Waals surface area contributed by atoms with Crippen molar-refractivity contribution >= 4 is 11.6 Å². The molecule has 1 amide bonds. The van der Waals surface area contributed by atoms with Crippen molar-refractivity contribution in [3.8, 4) is 11.5 Å². The molecule has 7 heteroatoms. The normalized spacial score (nSPS) is 12.1. The Hall–Kier alpha value is -2.83. The third-order valence-electron chi connectivity index (χ3n) is 3.54. The summed E-state index contributed by atoms with van der Waals surface area (Å²) < 4.78 is 5.06. The average Bonchev–Trinajstić information content (AvgIpc) is 3.03. The molecule has 0 aliphatic rings. The van der Waals surface area contributed by atoms with Gasteiger partial charge in [-0.1, -0.05) is 20.8 Å². The molecule has 0 aliphatic heterocycles. The number of amides is 1. The zero-order valence-electron chi connectivity index (χ0n) is 14.5. The van der Waals surface area contributed by atoms with Crippen molar-refractivity contribution in [2.45, 2.75) is 33.1 Å². The van der Waals surface area contributed by atoms with Crippen molar-refractivity contribution in [2.24, 2.45) is 5.10 Å². The fourth-order valence-corrected chi connectivity index (χ4v) is 1.98. The van der Waals surface area contributed by atoms with E-state index in [-0.39, 0.29) is 16.9 Å². The number of carbonyl (C=O) groups excluding carboxylic acids is 1. The number of phenolic OH excluding ortho intramolecular Hbond substituents is 1. The number of aromatic amines is 1. The fourth-order valence-electron chi connectivity index (χ4n) is 1.98. The van der Waals surface area contributed by atoms with Crippen molar-refractivity contribution in [3.05, 3.63) is 41.2 Å². The molecule has 0 radical (unpaired) electrons. The third kappa shape index (κ3) is 3.92. The van der Waals surface area contributed by atoms with Crippen molar-refractivity contribution in [2.75, 3.05) is 7.11 Å². The van der Waals surface area contributed by atoms with Crippen LogP contribution in [0.1, 0.15) is 49.4 Å². The molecule has 3 N–H and O–H groups in total. The van der Waals surface area contributed by atoms with E-state index in [2.05, 4.69) is 20.7 Å². The monoisotopic (exact) mass is 330 g/mol. The number of aromatic nitrogens is 2. The second-order valence-electron chi connectivity index (χ2n) is 6.44. The average molecular weight is 330 g/mol. The second kappa shape index (κ2) is 6.74. The number of hydrogen-bond acceptors (Lipinski definition) is 5. The lowest BCUT2D eigenvalue weighted by Crippen LogP contribution is -2.19. The second-order valence-corrected chi connectivity index (χ2v) is 6.44. The number of phenols is 1. The van der Waals surface area contributed by atoms with Crippen LogP contribution in [0.2, 0.25) is 0 Å². The highest BCUT2D eigenvalue weighted by atomic mass is 16.5. The quantitative estimate of drug-likeness (QED) is 0.592. The summed E-state index contributed by atoms with van der Waals surface area (Å²) in [5.41, 5.74) is 4.81. The minimum absolute atomic E-state index is 0.0457. The number of methoxy groups -OCH3 is 1. The van der Waals surface area contributed by atoms with Crippen LogP contribution >= 0.6 is 0 Å². The molecule has 1 aromatic carbocycles. The number of ether oxygens (including phenoxy) is 1. The number of H-pyrrole nitrogens is 1. The van der Waals surface area contributed by atoms with Crippen molar-refractivity contribution in [1.29, 1.82) is 0 Å². The van der Waals surface area contributed by atoms with Gasteiger partial charge in [0.15, 0.2) is 17.2 Å². The maximum Gasteiger partial charge on any atom is 0.291 e. The summed E-state index contributed by atoms with van der Waals surface area (Å²) >= 11 is 0. The van der Waals surface area contributed by atoms with Gasteiger partial charge in [0.2, 0.25) is 0 Å². The highest BCUT2D eigenvalue weighted by Crippen LogP contribution is 2.26. The van der Waals surface area contributed by atoms with Gasteiger partial charge in [-0.3, -0.25) is 9.89 Å². The highest BCUT2D eigenvalue weighted by molar-refractivity contribution is 6.00. The van der Waals surface area contributed by atoms with Crippen LogP contribution in [0.5, 0.6) is 11.5 Å². The number of nitrogens with one attached hydrogen (secondary N) is 2. The first-order chi connectivity index (χ1) is 11.2. The van der Waals surface area contributed by atoms with E-state index in [0.29, 0.717) is 11.5 Å². The molecule has 0 bridgehead atoms. The Bertz CT molecular complexity index is 772. The third-order valence-corrected chi connectivity index (χ3v) is 3.54. The molecule has 1 aromatic heterocycles. The molecule has 1 heterocycles. The number of hydrogen-bond donors (Lipinski definition) is 3. The minimum Gasteiger partial charge on any atom is -0.504 e. The van der Waals surface area contributed by atoms with E-state index in [1.165, 1.54) is 13.2 Å². The SMILES string of the molecule is COc1cc(/C(C)=N/NC(=O)c2cc(C(C)(C)C)[nH]n2)ccc1O. The molecule has 0 fully saturated rings. The van der Waals surface area contributed by atoms with Crippen LogP contribution in [0.4, 0.5) is 0 Å². The number of aromatic hydroxyl groups is 1. The van der Waals surface area contributed by atoms with Crippen LogP contribution in [-0.2, 0) is 5.41 Å². The molecule has 2 rings (SSSR count). The molecule has 0 aliphatic carbocycles. The molecule has 0 atom stereocenters. The topological polar surface area (TPSA) is 99.6 Å². The molecule has 0 spiro atoms. The Morgan fingerprint density at radius 3 is 2.62 bits per heavy atom. The molecule has 24 heavy (non-hydrogen) atoms. The van der Waals surface area contributed by atoms with Gasteiger partial charge < -0.3 is 9.84 Å². The van der Waals surface area contributed by atoms with Crippen LogP contribution < -0.4 is 10.2 Å². The molecule has 7 nitrogen and oxygen atoms in total. The zero-order valence-corrected chi connectivity index (χ0v) is 14.5. The molecule has 0 unspecified atom stereocenters. The van der Waals surface area contributed by atoms with E-state index < -0.39 is 5.91 Å². The maximum absolute atomic E-state index is 12.1. The molecule has 128 valence electrons. The highest BCUT2D eigenvalue weighted by Gasteiger charge is 2.19.